The van der Waals surface area contributed by atoms with Crippen LogP contribution < -0.4 is 10.5 Å². The highest BCUT2D eigenvalue weighted by Gasteiger charge is 1.97. The summed E-state index contributed by atoms with van der Waals surface area (Å²) >= 11 is 0. The molecular weight excluding hydrogens is 538 g/mol. The van der Waals surface area contributed by atoms with Crippen molar-refractivity contribution in [3.63, 3.8) is 0 Å². The summed E-state index contributed by atoms with van der Waals surface area (Å²) in [6.45, 7) is 14.5. The van der Waals surface area contributed by atoms with E-state index in [1.54, 1.807) is 12.1 Å². The van der Waals surface area contributed by atoms with Gasteiger partial charge in [-0.25, -0.2) is 0 Å². The van der Waals surface area contributed by atoms with Gasteiger partial charge in [-0.3, -0.25) is 0 Å². The Morgan fingerprint density at radius 2 is 0.683 bits per heavy atom. The van der Waals surface area contributed by atoms with Crippen LogP contribution in [0.5, 0.6) is 5.75 Å². The van der Waals surface area contributed by atoms with E-state index in [0.717, 1.165) is 5.75 Å². The van der Waals surface area contributed by atoms with Gasteiger partial charge in [0, 0.05) is 5.69 Å². The molecule has 0 aliphatic rings. The normalized spacial score (nSPS) is 11.5. The second-order valence-electron chi connectivity index (χ2n) is 8.85. The van der Waals surface area contributed by atoms with E-state index in [-0.39, 0.29) is 6.10 Å². The van der Waals surface area contributed by atoms with Gasteiger partial charge in [-0.15, -0.1) is 0 Å². The molecule has 1 aromatic rings. The number of ether oxygens (including phenoxy) is 11. The first kappa shape index (κ1) is 37.4. The van der Waals surface area contributed by atoms with E-state index in [1.165, 1.54) is 0 Å². The van der Waals surface area contributed by atoms with Gasteiger partial charge >= 0.3 is 0 Å². The second kappa shape index (κ2) is 29.9. The van der Waals surface area contributed by atoms with Crippen molar-refractivity contribution in [2.24, 2.45) is 0 Å². The van der Waals surface area contributed by atoms with Gasteiger partial charge in [0.1, 0.15) is 12.4 Å². The summed E-state index contributed by atoms with van der Waals surface area (Å²) < 4.78 is 60.0. The third kappa shape index (κ3) is 28.3. The van der Waals surface area contributed by atoms with Crippen LogP contribution in [0.4, 0.5) is 5.69 Å². The van der Waals surface area contributed by atoms with Gasteiger partial charge in [0.25, 0.3) is 0 Å². The minimum Gasteiger partial charge on any atom is -0.491 e. The monoisotopic (exact) mass is 591 g/mol. The van der Waals surface area contributed by atoms with Crippen molar-refractivity contribution in [2.45, 2.75) is 20.0 Å². The molecule has 0 atom stereocenters. The lowest BCUT2D eigenvalue weighted by Crippen LogP contribution is -2.15. The summed E-state index contributed by atoms with van der Waals surface area (Å²) in [7, 11) is 0. The van der Waals surface area contributed by atoms with Gasteiger partial charge in [0.2, 0.25) is 0 Å². The lowest BCUT2D eigenvalue weighted by molar-refractivity contribution is -0.0281. The minimum absolute atomic E-state index is 0.232. The molecule has 0 fully saturated rings. The molecule has 0 unspecified atom stereocenters. The highest BCUT2D eigenvalue weighted by molar-refractivity contribution is 5.41. The van der Waals surface area contributed by atoms with Crippen LogP contribution in [0.15, 0.2) is 24.3 Å². The van der Waals surface area contributed by atoms with Crippen LogP contribution in [-0.4, -0.2) is 138 Å². The number of benzene rings is 1. The SMILES string of the molecule is CC(C)OCCOCCOCCOCCOCCOCCOCCOCCOCCOCCOc1ccc(N)cc1. The third-order valence-corrected chi connectivity index (χ3v) is 5.03. The van der Waals surface area contributed by atoms with Crippen molar-refractivity contribution in [2.75, 3.05) is 138 Å². The van der Waals surface area contributed by atoms with Crippen molar-refractivity contribution in [3.05, 3.63) is 24.3 Å². The zero-order chi connectivity index (χ0) is 29.5. The molecule has 0 spiro atoms. The van der Waals surface area contributed by atoms with Crippen LogP contribution in [0, 0.1) is 0 Å². The van der Waals surface area contributed by atoms with Gasteiger partial charge in [-0.2, -0.15) is 0 Å². The fraction of sp³-hybridized carbons (Fsp3) is 0.793. The Labute approximate surface area is 245 Å². The maximum atomic E-state index is 5.64. The Balaban J connectivity index is 1.63. The zero-order valence-electron chi connectivity index (χ0n) is 25.1. The van der Waals surface area contributed by atoms with Crippen LogP contribution in [-0.2, 0) is 47.4 Å². The molecule has 0 aliphatic carbocycles. The van der Waals surface area contributed by atoms with Crippen molar-refractivity contribution >= 4 is 5.69 Å². The van der Waals surface area contributed by atoms with Gasteiger partial charge in [-0.05, 0) is 38.1 Å². The van der Waals surface area contributed by atoms with Crippen LogP contribution in [0.2, 0.25) is 0 Å². The smallest absolute Gasteiger partial charge is 0.119 e. The molecule has 240 valence electrons. The molecule has 0 saturated carbocycles. The zero-order valence-corrected chi connectivity index (χ0v) is 25.1. The predicted octanol–water partition coefficient (Wildman–Crippen LogP) is 2.22. The maximum Gasteiger partial charge on any atom is 0.119 e. The lowest BCUT2D eigenvalue weighted by Gasteiger charge is -2.09. The molecule has 0 amide bonds. The van der Waals surface area contributed by atoms with Crippen molar-refractivity contribution in [1.29, 1.82) is 0 Å². The molecule has 41 heavy (non-hydrogen) atoms. The van der Waals surface area contributed by atoms with Gasteiger partial charge in [0.05, 0.1) is 132 Å². The van der Waals surface area contributed by atoms with Crippen molar-refractivity contribution in [3.8, 4) is 5.75 Å². The standard InChI is InChI=1S/C29H53NO11/c1-27(2)40-25-23-38-21-19-36-17-15-34-13-11-32-9-7-31-8-10-33-12-14-35-16-18-37-20-22-39-24-26-41-29-5-3-28(30)4-6-29/h3-6,27H,7-26,30H2,1-2H3. The molecule has 0 heterocycles. The van der Waals surface area contributed by atoms with E-state index < -0.39 is 0 Å². The molecule has 2 N–H and O–H groups in total. The van der Waals surface area contributed by atoms with E-state index in [9.17, 15) is 0 Å². The summed E-state index contributed by atoms with van der Waals surface area (Å²) in [5, 5.41) is 0. The van der Waals surface area contributed by atoms with E-state index in [1.807, 2.05) is 26.0 Å². The van der Waals surface area contributed by atoms with Crippen LogP contribution in [0.25, 0.3) is 0 Å². The van der Waals surface area contributed by atoms with E-state index in [0.29, 0.717) is 138 Å². The fourth-order valence-electron chi connectivity index (χ4n) is 2.99. The predicted molar refractivity (Wildman–Crippen MR) is 155 cm³/mol. The number of hydrogen-bond acceptors (Lipinski definition) is 12. The van der Waals surface area contributed by atoms with Crippen LogP contribution in [0.1, 0.15) is 13.8 Å². The molecule has 0 bridgehead atoms. The summed E-state index contributed by atoms with van der Waals surface area (Å²) in [4.78, 5) is 0. The summed E-state index contributed by atoms with van der Waals surface area (Å²) in [6.07, 6.45) is 0.232. The van der Waals surface area contributed by atoms with Crippen LogP contribution >= 0.6 is 0 Å². The molecule has 1 aromatic carbocycles. The molecule has 0 saturated heterocycles. The Hall–Kier alpha value is -1.58. The highest BCUT2D eigenvalue weighted by atomic mass is 16.6. The number of hydrogen-bond donors (Lipinski definition) is 1. The molecule has 12 heteroatoms. The largest absolute Gasteiger partial charge is 0.491 e. The molecule has 0 aliphatic heterocycles. The molecule has 1 rings (SSSR count). The number of anilines is 1. The van der Waals surface area contributed by atoms with Crippen molar-refractivity contribution in [1.82, 2.24) is 0 Å². The molecule has 12 nitrogen and oxygen atoms in total. The number of rotatable bonds is 32. The number of nitrogens with two attached hydrogens (primary N) is 1. The Morgan fingerprint density at radius 3 is 0.976 bits per heavy atom. The van der Waals surface area contributed by atoms with Crippen molar-refractivity contribution < 1.29 is 52.1 Å². The lowest BCUT2D eigenvalue weighted by atomic mass is 10.3. The van der Waals surface area contributed by atoms with Gasteiger partial charge in [-0.1, -0.05) is 0 Å². The fourth-order valence-corrected chi connectivity index (χ4v) is 2.99. The average Bonchev–Trinajstić information content (AvgIpc) is 2.96. The topological polar surface area (TPSA) is 128 Å². The summed E-state index contributed by atoms with van der Waals surface area (Å²) in [6, 6.07) is 7.27. The van der Waals surface area contributed by atoms with E-state index >= 15 is 0 Å². The van der Waals surface area contributed by atoms with E-state index in [2.05, 4.69) is 0 Å². The summed E-state index contributed by atoms with van der Waals surface area (Å²) in [5.41, 5.74) is 6.35. The Kier molecular flexibility index (Phi) is 27.3. The molecule has 0 aromatic heterocycles. The first-order valence-electron chi connectivity index (χ1n) is 14.5. The minimum atomic E-state index is 0.232. The number of nitrogen functional groups attached to an aromatic ring is 1. The molecule has 0 radical (unpaired) electrons. The first-order valence-corrected chi connectivity index (χ1v) is 14.5. The summed E-state index contributed by atoms with van der Waals surface area (Å²) in [5.74, 6) is 0.774. The average molecular weight is 592 g/mol. The first-order chi connectivity index (χ1) is 20.2. The Bertz CT molecular complexity index is 652. The van der Waals surface area contributed by atoms with Crippen LogP contribution in [0.3, 0.4) is 0 Å². The Morgan fingerprint density at radius 1 is 0.415 bits per heavy atom. The van der Waals surface area contributed by atoms with Gasteiger partial charge < -0.3 is 57.8 Å². The highest BCUT2D eigenvalue weighted by Crippen LogP contribution is 2.12. The third-order valence-electron chi connectivity index (χ3n) is 5.03. The maximum absolute atomic E-state index is 5.64. The quantitative estimate of drug-likeness (QED) is 0.0975. The van der Waals surface area contributed by atoms with Gasteiger partial charge in [0.15, 0.2) is 0 Å². The molecular formula is C29H53NO11. The second-order valence-corrected chi connectivity index (χ2v) is 8.85. The van der Waals surface area contributed by atoms with E-state index in [4.69, 9.17) is 57.8 Å².